The van der Waals surface area contributed by atoms with Gasteiger partial charge < -0.3 is 11.1 Å². The van der Waals surface area contributed by atoms with Crippen molar-refractivity contribution in [3.05, 3.63) is 29.3 Å². The van der Waals surface area contributed by atoms with Crippen molar-refractivity contribution in [1.82, 2.24) is 4.90 Å². The van der Waals surface area contributed by atoms with Gasteiger partial charge in [0.25, 0.3) is 0 Å². The van der Waals surface area contributed by atoms with Crippen LogP contribution in [-0.4, -0.2) is 36.9 Å². The molecule has 0 saturated heterocycles. The van der Waals surface area contributed by atoms with Crippen molar-refractivity contribution in [3.63, 3.8) is 0 Å². The number of hydrogen-bond acceptors (Lipinski definition) is 3. The molecule has 0 aromatic heterocycles. The van der Waals surface area contributed by atoms with Crippen molar-refractivity contribution in [2.45, 2.75) is 12.8 Å². The lowest BCUT2D eigenvalue weighted by molar-refractivity contribution is -0.119. The maximum absolute atomic E-state index is 11.2. The summed E-state index contributed by atoms with van der Waals surface area (Å²) in [6, 6.07) is 5.98. The predicted octanol–water partition coefficient (Wildman–Crippen LogP) is 0.141. The number of hydrogen-bond donors (Lipinski definition) is 2. The van der Waals surface area contributed by atoms with E-state index in [4.69, 9.17) is 5.73 Å². The van der Waals surface area contributed by atoms with E-state index in [1.165, 1.54) is 5.56 Å². The van der Waals surface area contributed by atoms with E-state index >= 15 is 0 Å². The molecular formula is C13H17N3O2. The summed E-state index contributed by atoms with van der Waals surface area (Å²) in [6.45, 7) is 1.04. The van der Waals surface area contributed by atoms with Crippen LogP contribution in [0.25, 0.3) is 0 Å². The van der Waals surface area contributed by atoms with Crippen LogP contribution in [0.5, 0.6) is 0 Å². The first-order chi connectivity index (χ1) is 8.54. The number of carbonyl (C=O) groups excluding carboxylic acids is 2. The van der Waals surface area contributed by atoms with Crippen LogP contribution in [0.3, 0.4) is 0 Å². The number of amides is 2. The Labute approximate surface area is 106 Å². The first-order valence-electron chi connectivity index (χ1n) is 5.93. The van der Waals surface area contributed by atoms with Gasteiger partial charge in [-0.25, -0.2) is 0 Å². The highest BCUT2D eigenvalue weighted by atomic mass is 16.2. The van der Waals surface area contributed by atoms with Gasteiger partial charge in [0, 0.05) is 12.2 Å². The van der Waals surface area contributed by atoms with Crippen molar-refractivity contribution in [1.29, 1.82) is 0 Å². The molecule has 5 nitrogen and oxygen atoms in total. The summed E-state index contributed by atoms with van der Waals surface area (Å²) in [5, 5.41) is 2.81. The number of likely N-dealkylation sites (N-methyl/N-ethyl adjacent to an activating group) is 1. The van der Waals surface area contributed by atoms with Crippen molar-refractivity contribution in [3.8, 4) is 0 Å². The lowest BCUT2D eigenvalue weighted by Gasteiger charge is -2.14. The van der Waals surface area contributed by atoms with Crippen LogP contribution in [-0.2, 0) is 22.4 Å². The Bertz CT molecular complexity index is 485. The monoisotopic (exact) mass is 247 g/mol. The third kappa shape index (κ3) is 3.07. The van der Waals surface area contributed by atoms with E-state index in [-0.39, 0.29) is 18.4 Å². The third-order valence-electron chi connectivity index (χ3n) is 3.00. The number of primary amides is 1. The van der Waals surface area contributed by atoms with Gasteiger partial charge in [-0.05, 0) is 30.7 Å². The smallest absolute Gasteiger partial charge is 0.231 e. The molecule has 3 N–H and O–H groups in total. The van der Waals surface area contributed by atoms with Gasteiger partial charge in [0.05, 0.1) is 13.0 Å². The van der Waals surface area contributed by atoms with E-state index in [0.29, 0.717) is 6.42 Å². The van der Waals surface area contributed by atoms with Gasteiger partial charge in [0.1, 0.15) is 0 Å². The summed E-state index contributed by atoms with van der Waals surface area (Å²) in [5.74, 6) is -0.269. The number of benzene rings is 1. The summed E-state index contributed by atoms with van der Waals surface area (Å²) in [5.41, 5.74) is 8.26. The Hall–Kier alpha value is -1.88. The minimum absolute atomic E-state index is 0.0491. The second-order valence-electron chi connectivity index (χ2n) is 4.67. The van der Waals surface area contributed by atoms with Gasteiger partial charge in [-0.1, -0.05) is 12.1 Å². The van der Waals surface area contributed by atoms with Crippen molar-refractivity contribution >= 4 is 17.5 Å². The molecule has 1 aliphatic heterocycles. The number of fused-ring (bicyclic) bond motifs is 1. The van der Waals surface area contributed by atoms with E-state index in [1.54, 1.807) is 0 Å². The fourth-order valence-corrected chi connectivity index (χ4v) is 2.10. The zero-order valence-electron chi connectivity index (χ0n) is 10.4. The van der Waals surface area contributed by atoms with Crippen molar-refractivity contribution in [2.75, 3.05) is 25.5 Å². The Balaban J connectivity index is 1.93. The molecule has 0 spiro atoms. The molecule has 18 heavy (non-hydrogen) atoms. The predicted molar refractivity (Wildman–Crippen MR) is 69.2 cm³/mol. The van der Waals surface area contributed by atoms with E-state index in [9.17, 15) is 9.59 Å². The summed E-state index contributed by atoms with van der Waals surface area (Å²) in [6.07, 6.45) is 1.30. The molecule has 96 valence electrons. The highest BCUT2D eigenvalue weighted by Crippen LogP contribution is 2.23. The first kappa shape index (κ1) is 12.6. The minimum atomic E-state index is -0.318. The van der Waals surface area contributed by atoms with Crippen LogP contribution in [0.4, 0.5) is 5.69 Å². The average Bonchev–Trinajstić information content (AvgIpc) is 2.64. The zero-order chi connectivity index (χ0) is 13.1. The SMILES string of the molecule is CN(CCc1ccc2c(c1)CC(=O)N2)CC(N)=O. The zero-order valence-corrected chi connectivity index (χ0v) is 10.4. The molecule has 2 amide bonds. The molecule has 0 radical (unpaired) electrons. The summed E-state index contributed by atoms with van der Waals surface area (Å²) < 4.78 is 0. The summed E-state index contributed by atoms with van der Waals surface area (Å²) in [4.78, 5) is 23.9. The molecule has 0 fully saturated rings. The standard InChI is InChI=1S/C13H17N3O2/c1-16(8-12(14)17)5-4-9-2-3-11-10(6-9)7-13(18)15-11/h2-3,6H,4-5,7-8H2,1H3,(H2,14,17)(H,15,18). The van der Waals surface area contributed by atoms with Crippen LogP contribution in [0, 0.1) is 0 Å². The number of nitrogens with two attached hydrogens (primary N) is 1. The number of carbonyl (C=O) groups is 2. The molecule has 0 unspecified atom stereocenters. The van der Waals surface area contributed by atoms with Gasteiger partial charge in [0.15, 0.2) is 0 Å². The molecule has 0 bridgehead atoms. The van der Waals surface area contributed by atoms with Crippen LogP contribution < -0.4 is 11.1 Å². The van der Waals surface area contributed by atoms with Crippen LogP contribution in [0.2, 0.25) is 0 Å². The third-order valence-corrected chi connectivity index (χ3v) is 3.00. The highest BCUT2D eigenvalue weighted by molar-refractivity contribution is 5.99. The first-order valence-corrected chi connectivity index (χ1v) is 5.93. The molecule has 2 rings (SSSR count). The molecule has 1 heterocycles. The topological polar surface area (TPSA) is 75.4 Å². The van der Waals surface area contributed by atoms with Crippen LogP contribution in [0.1, 0.15) is 11.1 Å². The Morgan fingerprint density at radius 2 is 2.28 bits per heavy atom. The molecule has 1 aromatic rings. The Morgan fingerprint density at radius 3 is 3.00 bits per heavy atom. The van der Waals surface area contributed by atoms with Gasteiger partial charge >= 0.3 is 0 Å². The number of nitrogens with one attached hydrogen (secondary N) is 1. The summed E-state index contributed by atoms with van der Waals surface area (Å²) in [7, 11) is 1.86. The Morgan fingerprint density at radius 1 is 1.50 bits per heavy atom. The fraction of sp³-hybridized carbons (Fsp3) is 0.385. The van der Waals surface area contributed by atoms with Gasteiger partial charge in [-0.3, -0.25) is 14.5 Å². The lowest BCUT2D eigenvalue weighted by Crippen LogP contribution is -2.32. The quantitative estimate of drug-likeness (QED) is 0.777. The fourth-order valence-electron chi connectivity index (χ4n) is 2.10. The molecular weight excluding hydrogens is 230 g/mol. The largest absolute Gasteiger partial charge is 0.369 e. The second kappa shape index (κ2) is 5.18. The Kier molecular flexibility index (Phi) is 3.62. The van der Waals surface area contributed by atoms with Crippen LogP contribution in [0.15, 0.2) is 18.2 Å². The number of anilines is 1. The maximum Gasteiger partial charge on any atom is 0.231 e. The average molecular weight is 247 g/mol. The van der Waals surface area contributed by atoms with E-state index in [1.807, 2.05) is 30.1 Å². The molecule has 0 aliphatic carbocycles. The van der Waals surface area contributed by atoms with Crippen molar-refractivity contribution < 1.29 is 9.59 Å². The number of rotatable bonds is 5. The van der Waals surface area contributed by atoms with Gasteiger partial charge in [-0.15, -0.1) is 0 Å². The summed E-state index contributed by atoms with van der Waals surface area (Å²) >= 11 is 0. The van der Waals surface area contributed by atoms with Crippen molar-refractivity contribution in [2.24, 2.45) is 5.73 Å². The molecule has 1 aliphatic rings. The van der Waals surface area contributed by atoms with E-state index in [0.717, 1.165) is 24.2 Å². The van der Waals surface area contributed by atoms with Gasteiger partial charge in [-0.2, -0.15) is 0 Å². The minimum Gasteiger partial charge on any atom is -0.369 e. The number of nitrogens with zero attached hydrogens (tertiary/aromatic N) is 1. The lowest BCUT2D eigenvalue weighted by atomic mass is 10.1. The van der Waals surface area contributed by atoms with E-state index < -0.39 is 0 Å². The molecule has 1 aromatic carbocycles. The van der Waals surface area contributed by atoms with Gasteiger partial charge in [0.2, 0.25) is 11.8 Å². The highest BCUT2D eigenvalue weighted by Gasteiger charge is 2.17. The maximum atomic E-state index is 11.2. The van der Waals surface area contributed by atoms with E-state index in [2.05, 4.69) is 5.32 Å². The normalized spacial score (nSPS) is 13.6. The van der Waals surface area contributed by atoms with Crippen LogP contribution >= 0.6 is 0 Å². The second-order valence-corrected chi connectivity index (χ2v) is 4.67. The molecule has 0 saturated carbocycles. The molecule has 0 atom stereocenters. The molecule has 5 heteroatoms.